The molecule has 0 spiro atoms. The summed E-state index contributed by atoms with van der Waals surface area (Å²) in [6, 6.07) is 4.98. The lowest BCUT2D eigenvalue weighted by Gasteiger charge is -2.19. The van der Waals surface area contributed by atoms with Crippen LogP contribution in [-0.2, 0) is 20.8 Å². The van der Waals surface area contributed by atoms with Crippen LogP contribution in [0.1, 0.15) is 12.5 Å². The number of hydrogen-bond donors (Lipinski definition) is 2. The van der Waals surface area contributed by atoms with Gasteiger partial charge in [0, 0.05) is 0 Å². The number of ether oxygens (including phenoxy) is 1. The Morgan fingerprint density at radius 3 is 2.84 bits per heavy atom. The van der Waals surface area contributed by atoms with E-state index in [0.717, 1.165) is 0 Å². The van der Waals surface area contributed by atoms with Crippen LogP contribution >= 0.6 is 0 Å². The van der Waals surface area contributed by atoms with Crippen LogP contribution in [0.5, 0.6) is 5.75 Å². The minimum atomic E-state index is -1.15. The lowest BCUT2D eigenvalue weighted by atomic mass is 9.95. The van der Waals surface area contributed by atoms with Gasteiger partial charge >= 0.3 is 5.97 Å². The normalized spacial score (nSPS) is 14.9. The molecule has 19 heavy (non-hydrogen) atoms. The molecule has 0 aromatic heterocycles. The van der Waals surface area contributed by atoms with Crippen LogP contribution in [0, 0.1) is 5.92 Å². The van der Waals surface area contributed by atoms with Gasteiger partial charge in [-0.1, -0.05) is 6.07 Å². The fourth-order valence-corrected chi connectivity index (χ4v) is 1.90. The van der Waals surface area contributed by atoms with Gasteiger partial charge in [0.15, 0.2) is 6.61 Å². The zero-order valence-electron chi connectivity index (χ0n) is 10.3. The molecular weight excluding hydrogens is 250 g/mol. The quantitative estimate of drug-likeness (QED) is 0.785. The van der Waals surface area contributed by atoms with Gasteiger partial charge in [0.2, 0.25) is 0 Å². The highest BCUT2D eigenvalue weighted by molar-refractivity contribution is 5.97. The highest BCUT2D eigenvalue weighted by Gasteiger charge is 2.24. The first kappa shape index (κ1) is 13.1. The van der Waals surface area contributed by atoms with Crippen molar-refractivity contribution >= 4 is 23.3 Å². The fourth-order valence-electron chi connectivity index (χ4n) is 1.90. The van der Waals surface area contributed by atoms with Crippen LogP contribution < -0.4 is 10.1 Å². The minimum Gasteiger partial charge on any atom is -0.482 e. The molecule has 1 aliphatic rings. The van der Waals surface area contributed by atoms with Gasteiger partial charge in [0.05, 0.1) is 5.69 Å². The number of nitrogens with one attached hydrogen (secondary N) is 1. The predicted octanol–water partition coefficient (Wildman–Crippen LogP) is 0.850. The maximum Gasteiger partial charge on any atom is 0.314 e. The van der Waals surface area contributed by atoms with E-state index in [9.17, 15) is 14.4 Å². The first-order valence-electron chi connectivity index (χ1n) is 5.76. The largest absolute Gasteiger partial charge is 0.482 e. The molecule has 1 atom stereocenters. The smallest absolute Gasteiger partial charge is 0.314 e. The molecular formula is C13H13NO5. The standard InChI is InChI=1S/C13H13NO5/c1-7(15)9(13(17)18)4-8-2-3-11-10(5-8)14-12(16)6-19-11/h2-3,5,9H,4,6H2,1H3,(H,14,16)(H,17,18). The summed E-state index contributed by atoms with van der Waals surface area (Å²) < 4.78 is 5.20. The molecule has 2 rings (SSSR count). The third kappa shape index (κ3) is 2.90. The molecule has 0 saturated heterocycles. The van der Waals surface area contributed by atoms with E-state index in [1.807, 2.05) is 0 Å². The number of benzene rings is 1. The Morgan fingerprint density at radius 1 is 1.47 bits per heavy atom. The second-order valence-electron chi connectivity index (χ2n) is 4.37. The van der Waals surface area contributed by atoms with Gasteiger partial charge in [-0.15, -0.1) is 0 Å². The third-order valence-corrected chi connectivity index (χ3v) is 2.91. The number of carboxylic acid groups (broad SMARTS) is 1. The monoisotopic (exact) mass is 263 g/mol. The number of carbonyl (C=O) groups is 3. The Kier molecular flexibility index (Phi) is 3.50. The van der Waals surface area contributed by atoms with Crippen LogP contribution in [0.25, 0.3) is 0 Å². The van der Waals surface area contributed by atoms with Crippen molar-refractivity contribution in [3.8, 4) is 5.75 Å². The lowest BCUT2D eigenvalue weighted by molar-refractivity contribution is -0.145. The molecule has 100 valence electrons. The Hall–Kier alpha value is -2.37. The van der Waals surface area contributed by atoms with Crippen molar-refractivity contribution < 1.29 is 24.2 Å². The number of amides is 1. The Labute approximate surface area is 109 Å². The summed E-state index contributed by atoms with van der Waals surface area (Å²) in [4.78, 5) is 33.4. The van der Waals surface area contributed by atoms with E-state index >= 15 is 0 Å². The van der Waals surface area contributed by atoms with E-state index in [0.29, 0.717) is 17.0 Å². The number of ketones is 1. The van der Waals surface area contributed by atoms with Crippen LogP contribution in [0.2, 0.25) is 0 Å². The van der Waals surface area contributed by atoms with E-state index in [-0.39, 0.29) is 18.9 Å². The molecule has 1 heterocycles. The molecule has 0 saturated carbocycles. The SMILES string of the molecule is CC(=O)C(Cc1ccc2c(c1)NC(=O)CO2)C(=O)O. The molecule has 0 bridgehead atoms. The van der Waals surface area contributed by atoms with Gasteiger partial charge in [-0.05, 0) is 31.0 Å². The number of hydrogen-bond acceptors (Lipinski definition) is 4. The topological polar surface area (TPSA) is 92.7 Å². The molecule has 1 amide bonds. The molecule has 1 unspecified atom stereocenters. The lowest BCUT2D eigenvalue weighted by Crippen LogP contribution is -2.26. The Bertz CT molecular complexity index is 538. The predicted molar refractivity (Wildman–Crippen MR) is 66.1 cm³/mol. The number of fused-ring (bicyclic) bond motifs is 1. The third-order valence-electron chi connectivity index (χ3n) is 2.91. The van der Waals surface area contributed by atoms with Gasteiger partial charge in [-0.3, -0.25) is 14.4 Å². The van der Waals surface area contributed by atoms with Crippen LogP contribution in [-0.4, -0.2) is 29.4 Å². The zero-order valence-corrected chi connectivity index (χ0v) is 10.3. The van der Waals surface area contributed by atoms with Crippen molar-refractivity contribution in [2.45, 2.75) is 13.3 Å². The van der Waals surface area contributed by atoms with Gasteiger partial charge in [0.1, 0.15) is 17.5 Å². The van der Waals surface area contributed by atoms with Crippen LogP contribution in [0.3, 0.4) is 0 Å². The van der Waals surface area contributed by atoms with Crippen molar-refractivity contribution in [3.63, 3.8) is 0 Å². The summed E-state index contributed by atoms with van der Waals surface area (Å²) in [5, 5.41) is 11.6. The highest BCUT2D eigenvalue weighted by atomic mass is 16.5. The number of rotatable bonds is 4. The maximum absolute atomic E-state index is 11.3. The molecule has 0 radical (unpaired) electrons. The summed E-state index contributed by atoms with van der Waals surface area (Å²) in [5.41, 5.74) is 1.16. The molecule has 0 fully saturated rings. The van der Waals surface area contributed by atoms with Crippen LogP contribution in [0.15, 0.2) is 18.2 Å². The van der Waals surface area contributed by atoms with Crippen molar-refractivity contribution in [2.24, 2.45) is 5.92 Å². The summed E-state index contributed by atoms with van der Waals surface area (Å²) in [6.07, 6.45) is 0.0911. The van der Waals surface area contributed by atoms with Gasteiger partial charge in [-0.2, -0.15) is 0 Å². The van der Waals surface area contributed by atoms with Gasteiger partial charge < -0.3 is 15.2 Å². The highest BCUT2D eigenvalue weighted by Crippen LogP contribution is 2.29. The molecule has 6 heteroatoms. The first-order chi connectivity index (χ1) is 8.97. The molecule has 2 N–H and O–H groups in total. The van der Waals surface area contributed by atoms with E-state index < -0.39 is 17.7 Å². The van der Waals surface area contributed by atoms with E-state index in [1.165, 1.54) is 6.92 Å². The number of aliphatic carboxylic acids is 1. The number of carboxylic acids is 1. The first-order valence-corrected chi connectivity index (χ1v) is 5.76. The zero-order chi connectivity index (χ0) is 14.0. The van der Waals surface area contributed by atoms with Crippen molar-refractivity contribution in [2.75, 3.05) is 11.9 Å². The van der Waals surface area contributed by atoms with Crippen molar-refractivity contribution in [3.05, 3.63) is 23.8 Å². The Morgan fingerprint density at radius 2 is 2.21 bits per heavy atom. The molecule has 1 aromatic carbocycles. The second kappa shape index (κ2) is 5.09. The minimum absolute atomic E-state index is 0.0302. The van der Waals surface area contributed by atoms with Crippen molar-refractivity contribution in [1.29, 1.82) is 0 Å². The van der Waals surface area contributed by atoms with E-state index in [2.05, 4.69) is 5.32 Å². The number of carbonyl (C=O) groups excluding carboxylic acids is 2. The maximum atomic E-state index is 11.3. The van der Waals surface area contributed by atoms with Gasteiger partial charge in [-0.25, -0.2) is 0 Å². The van der Waals surface area contributed by atoms with E-state index in [4.69, 9.17) is 9.84 Å². The summed E-state index contributed by atoms with van der Waals surface area (Å²) >= 11 is 0. The molecule has 1 aliphatic heterocycles. The van der Waals surface area contributed by atoms with Crippen molar-refractivity contribution in [1.82, 2.24) is 0 Å². The molecule has 6 nitrogen and oxygen atoms in total. The average Bonchev–Trinajstić information content (AvgIpc) is 2.34. The molecule has 1 aromatic rings. The molecule has 0 aliphatic carbocycles. The summed E-state index contributed by atoms with van der Waals surface area (Å²) in [7, 11) is 0. The fraction of sp³-hybridized carbons (Fsp3) is 0.308. The van der Waals surface area contributed by atoms with Crippen LogP contribution in [0.4, 0.5) is 5.69 Å². The van der Waals surface area contributed by atoms with E-state index in [1.54, 1.807) is 18.2 Å². The average molecular weight is 263 g/mol. The second-order valence-corrected chi connectivity index (χ2v) is 4.37. The number of Topliss-reactive ketones (excluding diaryl/α,β-unsaturated/α-hetero) is 1. The summed E-state index contributed by atoms with van der Waals surface area (Å²) in [5.74, 6) is -2.33. The summed E-state index contributed by atoms with van der Waals surface area (Å²) in [6.45, 7) is 1.22. The Balaban J connectivity index is 2.22. The number of anilines is 1. The van der Waals surface area contributed by atoms with Gasteiger partial charge in [0.25, 0.3) is 5.91 Å².